The van der Waals surface area contributed by atoms with Crippen molar-refractivity contribution in [2.24, 2.45) is 11.8 Å². The Labute approximate surface area is 192 Å². The number of benzene rings is 1. The van der Waals surface area contributed by atoms with E-state index in [4.69, 9.17) is 21.1 Å². The fraction of sp³-hybridized carbons (Fsp3) is 0.652. The summed E-state index contributed by atoms with van der Waals surface area (Å²) in [6.45, 7) is 2.61. The Morgan fingerprint density at radius 2 is 1.84 bits per heavy atom. The summed E-state index contributed by atoms with van der Waals surface area (Å²) in [6.07, 6.45) is 4.78. The molecule has 1 N–H and O–H groups in total. The third-order valence-corrected chi connectivity index (χ3v) is 7.41. The van der Waals surface area contributed by atoms with Gasteiger partial charge in [-0.2, -0.15) is 0 Å². The highest BCUT2D eigenvalue weighted by atomic mass is 35.5. The average Bonchev–Trinajstić information content (AvgIpc) is 3.63. The van der Waals surface area contributed by atoms with E-state index in [1.807, 2.05) is 9.80 Å². The van der Waals surface area contributed by atoms with Gasteiger partial charge in [0, 0.05) is 26.2 Å². The number of piperidine rings is 2. The van der Waals surface area contributed by atoms with Crippen LogP contribution in [0.15, 0.2) is 18.2 Å². The Morgan fingerprint density at radius 3 is 2.56 bits per heavy atom. The fourth-order valence-corrected chi connectivity index (χ4v) is 5.42. The van der Waals surface area contributed by atoms with Crippen molar-refractivity contribution in [2.75, 3.05) is 32.8 Å². The van der Waals surface area contributed by atoms with Crippen LogP contribution in [0.5, 0.6) is 5.75 Å². The first-order valence-electron chi connectivity index (χ1n) is 11.5. The highest BCUT2D eigenvalue weighted by molar-refractivity contribution is 6.32. The number of carbonyl (C=O) groups excluding carboxylic acids is 2. The van der Waals surface area contributed by atoms with E-state index in [0.717, 1.165) is 32.1 Å². The molecule has 32 heavy (non-hydrogen) atoms. The van der Waals surface area contributed by atoms with Crippen LogP contribution in [0.4, 0.5) is 9.18 Å². The van der Waals surface area contributed by atoms with Crippen LogP contribution in [0.3, 0.4) is 0 Å². The summed E-state index contributed by atoms with van der Waals surface area (Å²) in [4.78, 5) is 28.5. The summed E-state index contributed by atoms with van der Waals surface area (Å²) in [5.41, 5.74) is 0. The number of rotatable bonds is 4. The van der Waals surface area contributed by atoms with Crippen molar-refractivity contribution in [3.05, 3.63) is 29.0 Å². The van der Waals surface area contributed by atoms with Gasteiger partial charge < -0.3 is 24.6 Å². The van der Waals surface area contributed by atoms with Gasteiger partial charge in [0.15, 0.2) is 0 Å². The van der Waals surface area contributed by atoms with Crippen LogP contribution >= 0.6 is 11.6 Å². The Kier molecular flexibility index (Phi) is 6.16. The maximum atomic E-state index is 13.4. The quantitative estimate of drug-likeness (QED) is 0.742. The van der Waals surface area contributed by atoms with Crippen molar-refractivity contribution in [3.8, 4) is 5.75 Å². The van der Waals surface area contributed by atoms with Crippen molar-refractivity contribution in [1.82, 2.24) is 15.1 Å². The lowest BCUT2D eigenvalue weighted by atomic mass is 9.88. The van der Waals surface area contributed by atoms with Gasteiger partial charge in [0.1, 0.15) is 24.3 Å². The zero-order valence-electron chi connectivity index (χ0n) is 18.0. The summed E-state index contributed by atoms with van der Waals surface area (Å²) >= 11 is 6.19. The predicted octanol–water partition coefficient (Wildman–Crippen LogP) is 3.06. The van der Waals surface area contributed by atoms with Gasteiger partial charge in [-0.25, -0.2) is 9.18 Å². The lowest BCUT2D eigenvalue weighted by Crippen LogP contribution is -2.62. The van der Waals surface area contributed by atoms with Crippen molar-refractivity contribution in [2.45, 2.75) is 50.4 Å². The van der Waals surface area contributed by atoms with Crippen LogP contribution in [-0.2, 0) is 9.53 Å². The highest BCUT2D eigenvalue weighted by Crippen LogP contribution is 2.42. The van der Waals surface area contributed by atoms with E-state index in [0.29, 0.717) is 48.8 Å². The predicted molar refractivity (Wildman–Crippen MR) is 116 cm³/mol. The summed E-state index contributed by atoms with van der Waals surface area (Å²) in [5, 5.41) is 3.25. The molecule has 9 heteroatoms. The van der Waals surface area contributed by atoms with Crippen molar-refractivity contribution >= 4 is 23.5 Å². The van der Waals surface area contributed by atoms with Crippen LogP contribution in [0.1, 0.15) is 32.1 Å². The molecule has 0 bridgehead atoms. The molecule has 7 nitrogen and oxygen atoms in total. The third kappa shape index (κ3) is 4.66. The minimum absolute atomic E-state index is 0.00257. The molecule has 3 aliphatic heterocycles. The van der Waals surface area contributed by atoms with Crippen molar-refractivity contribution in [3.63, 3.8) is 0 Å². The molecule has 3 saturated heterocycles. The fourth-order valence-electron chi connectivity index (χ4n) is 5.21. The molecule has 0 aromatic heterocycles. The molecular formula is C23H29ClFN3O4. The number of morpholine rings is 1. The second-order valence-electron chi connectivity index (χ2n) is 9.36. The normalized spacial score (nSPS) is 27.5. The van der Waals surface area contributed by atoms with E-state index in [9.17, 15) is 14.0 Å². The van der Waals surface area contributed by atoms with Gasteiger partial charge in [-0.15, -0.1) is 0 Å². The molecule has 4 fully saturated rings. The molecule has 174 valence electrons. The molecule has 3 heterocycles. The average molecular weight is 466 g/mol. The Hall–Kier alpha value is -2.06. The lowest BCUT2D eigenvalue weighted by molar-refractivity contribution is -0.139. The number of urea groups is 1. The van der Waals surface area contributed by atoms with E-state index in [1.54, 1.807) is 6.07 Å². The van der Waals surface area contributed by atoms with Gasteiger partial charge in [-0.3, -0.25) is 4.79 Å². The smallest absolute Gasteiger partial charge is 0.320 e. The molecule has 3 amide bonds. The van der Waals surface area contributed by atoms with Crippen molar-refractivity contribution < 1.29 is 23.5 Å². The van der Waals surface area contributed by atoms with E-state index < -0.39 is 0 Å². The van der Waals surface area contributed by atoms with Crippen LogP contribution in [-0.4, -0.2) is 72.8 Å². The van der Waals surface area contributed by atoms with Crippen LogP contribution in [0.25, 0.3) is 0 Å². The van der Waals surface area contributed by atoms with E-state index in [2.05, 4.69) is 5.32 Å². The molecule has 0 radical (unpaired) electrons. The molecule has 0 spiro atoms. The number of hydrogen-bond acceptors (Lipinski definition) is 4. The van der Waals surface area contributed by atoms with Crippen molar-refractivity contribution in [1.29, 1.82) is 0 Å². The monoisotopic (exact) mass is 465 g/mol. The third-order valence-electron chi connectivity index (χ3n) is 7.11. The lowest BCUT2D eigenvalue weighted by Gasteiger charge is -2.44. The summed E-state index contributed by atoms with van der Waals surface area (Å²) < 4.78 is 25.3. The van der Waals surface area contributed by atoms with E-state index in [-0.39, 0.29) is 42.6 Å². The number of hydrogen-bond donors (Lipinski definition) is 1. The van der Waals surface area contributed by atoms with Gasteiger partial charge >= 0.3 is 6.03 Å². The molecule has 5 rings (SSSR count). The van der Waals surface area contributed by atoms with E-state index in [1.165, 1.54) is 12.1 Å². The minimum atomic E-state index is -0.375. The SMILES string of the molecule is O=C1COC2CCN(C(=O)N3CCC(C(Oc4ccc(F)cc4Cl)C4CC4)CC3)CC2N1. The summed E-state index contributed by atoms with van der Waals surface area (Å²) in [5.74, 6) is 0.874. The Morgan fingerprint density at radius 1 is 1.12 bits per heavy atom. The maximum absolute atomic E-state index is 13.4. The van der Waals surface area contributed by atoms with Gasteiger partial charge in [0.05, 0.1) is 17.2 Å². The van der Waals surface area contributed by atoms with Crippen LogP contribution in [0, 0.1) is 17.7 Å². The molecular weight excluding hydrogens is 437 g/mol. The standard InChI is InChI=1S/C23H29ClFN3O4/c24-17-11-16(25)3-4-19(17)32-22(14-1-2-14)15-5-8-27(9-6-15)23(30)28-10-7-20-18(12-28)26-21(29)13-31-20/h3-4,11,14-15,18,20,22H,1-2,5-10,12-13H2,(H,26,29). The number of halogens is 2. The molecule has 4 aliphatic rings. The molecule has 3 unspecified atom stereocenters. The Bertz CT molecular complexity index is 875. The van der Waals surface area contributed by atoms with Gasteiger partial charge in [0.25, 0.3) is 0 Å². The first kappa shape index (κ1) is 21.8. The van der Waals surface area contributed by atoms with Gasteiger partial charge in [-0.1, -0.05) is 11.6 Å². The number of nitrogens with zero attached hydrogens (tertiary/aromatic N) is 2. The first-order valence-corrected chi connectivity index (χ1v) is 11.9. The van der Waals surface area contributed by atoms with Gasteiger partial charge in [0.2, 0.25) is 5.91 Å². The second-order valence-corrected chi connectivity index (χ2v) is 9.77. The zero-order chi connectivity index (χ0) is 22.2. The first-order chi connectivity index (χ1) is 15.5. The number of nitrogens with one attached hydrogen (secondary N) is 1. The molecule has 3 atom stereocenters. The van der Waals surface area contributed by atoms with E-state index >= 15 is 0 Å². The minimum Gasteiger partial charge on any atom is -0.488 e. The number of carbonyl (C=O) groups is 2. The molecule has 1 aliphatic carbocycles. The number of ether oxygens (including phenoxy) is 2. The summed E-state index contributed by atoms with van der Waals surface area (Å²) in [6, 6.07) is 4.16. The molecule has 1 aromatic carbocycles. The Balaban J connectivity index is 1.17. The number of fused-ring (bicyclic) bond motifs is 1. The number of amides is 3. The molecule has 1 aromatic rings. The maximum Gasteiger partial charge on any atom is 0.320 e. The van der Waals surface area contributed by atoms with Crippen LogP contribution in [0.2, 0.25) is 5.02 Å². The van der Waals surface area contributed by atoms with Crippen LogP contribution < -0.4 is 10.1 Å². The van der Waals surface area contributed by atoms with Gasteiger partial charge in [-0.05, 0) is 62.1 Å². The zero-order valence-corrected chi connectivity index (χ0v) is 18.7. The summed E-state index contributed by atoms with van der Waals surface area (Å²) in [7, 11) is 0. The largest absolute Gasteiger partial charge is 0.488 e. The number of likely N-dealkylation sites (tertiary alicyclic amines) is 2. The second kappa shape index (κ2) is 9.06. The highest BCUT2D eigenvalue weighted by Gasteiger charge is 2.42. The topological polar surface area (TPSA) is 71.1 Å². The molecule has 1 saturated carbocycles.